The zero-order valence-corrected chi connectivity index (χ0v) is 15.5. The lowest BCUT2D eigenvalue weighted by atomic mass is 10.1. The Morgan fingerprint density at radius 1 is 1.04 bits per heavy atom. The van der Waals surface area contributed by atoms with Crippen molar-refractivity contribution in [3.63, 3.8) is 0 Å². The summed E-state index contributed by atoms with van der Waals surface area (Å²) in [6.07, 6.45) is 8.47. The number of carbonyl (C=O) groups excluding carboxylic acids is 1. The number of nitrogens with two attached hydrogens (primary N) is 1. The number of benzene rings is 1. The number of hydrogen-bond donors (Lipinski definition) is 3. The molecule has 2 rings (SSSR count). The molecule has 1 aromatic rings. The van der Waals surface area contributed by atoms with Gasteiger partial charge in [0, 0.05) is 19.0 Å². The largest absolute Gasteiger partial charge is 0.353 e. The average molecular weight is 368 g/mol. The standard InChI is InChI=1S/C18H29N3O3S/c19-25(23,24)17-9-7-15(8-10-17)11-13-20-14-12-18(22)21-16-5-3-1-2-4-6-16/h7-10,16,20H,1-6,11-14H2,(H,21,22)(H2,19,23,24). The summed E-state index contributed by atoms with van der Waals surface area (Å²) in [5, 5.41) is 11.5. The highest BCUT2D eigenvalue weighted by molar-refractivity contribution is 7.89. The Labute approximate surface area is 150 Å². The zero-order valence-electron chi connectivity index (χ0n) is 14.7. The lowest BCUT2D eigenvalue weighted by Gasteiger charge is -2.16. The Bertz CT molecular complexity index is 636. The summed E-state index contributed by atoms with van der Waals surface area (Å²) in [6, 6.07) is 6.92. The predicted octanol–water partition coefficient (Wildman–Crippen LogP) is 1.70. The van der Waals surface area contributed by atoms with E-state index >= 15 is 0 Å². The van der Waals surface area contributed by atoms with Gasteiger partial charge in [0.1, 0.15) is 0 Å². The number of nitrogens with one attached hydrogen (secondary N) is 2. The molecule has 1 saturated carbocycles. The molecule has 0 bridgehead atoms. The number of carbonyl (C=O) groups is 1. The molecule has 4 N–H and O–H groups in total. The van der Waals surface area contributed by atoms with Gasteiger partial charge < -0.3 is 10.6 Å². The van der Waals surface area contributed by atoms with Gasteiger partial charge in [-0.25, -0.2) is 13.6 Å². The van der Waals surface area contributed by atoms with Gasteiger partial charge in [0.2, 0.25) is 15.9 Å². The molecule has 140 valence electrons. The fourth-order valence-electron chi connectivity index (χ4n) is 3.13. The van der Waals surface area contributed by atoms with Gasteiger partial charge in [0.25, 0.3) is 0 Å². The summed E-state index contributed by atoms with van der Waals surface area (Å²) < 4.78 is 22.4. The van der Waals surface area contributed by atoms with Crippen molar-refractivity contribution >= 4 is 15.9 Å². The van der Waals surface area contributed by atoms with Crippen LogP contribution in [0.1, 0.15) is 50.5 Å². The van der Waals surface area contributed by atoms with Gasteiger partial charge in [-0.15, -0.1) is 0 Å². The molecule has 25 heavy (non-hydrogen) atoms. The Hall–Kier alpha value is -1.44. The quantitative estimate of drug-likeness (QED) is 0.481. The first kappa shape index (κ1) is 19.9. The lowest BCUT2D eigenvalue weighted by molar-refractivity contribution is -0.121. The first-order chi connectivity index (χ1) is 11.9. The molecule has 1 aliphatic rings. The molecule has 0 spiro atoms. The maximum Gasteiger partial charge on any atom is 0.238 e. The van der Waals surface area contributed by atoms with E-state index in [-0.39, 0.29) is 10.8 Å². The maximum atomic E-state index is 12.0. The van der Waals surface area contributed by atoms with Gasteiger partial charge in [0.15, 0.2) is 0 Å². The Morgan fingerprint density at radius 3 is 2.28 bits per heavy atom. The molecule has 0 saturated heterocycles. The third-order valence-electron chi connectivity index (χ3n) is 4.59. The van der Waals surface area contributed by atoms with Crippen LogP contribution < -0.4 is 15.8 Å². The van der Waals surface area contributed by atoms with E-state index in [4.69, 9.17) is 5.14 Å². The van der Waals surface area contributed by atoms with E-state index in [1.807, 2.05) is 0 Å². The highest BCUT2D eigenvalue weighted by atomic mass is 32.2. The van der Waals surface area contributed by atoms with Crippen molar-refractivity contribution in [3.8, 4) is 0 Å². The minimum atomic E-state index is -3.63. The Balaban J connectivity index is 1.60. The van der Waals surface area contributed by atoms with E-state index in [0.29, 0.717) is 19.0 Å². The number of rotatable bonds is 8. The van der Waals surface area contributed by atoms with Crippen molar-refractivity contribution in [2.75, 3.05) is 13.1 Å². The maximum absolute atomic E-state index is 12.0. The van der Waals surface area contributed by atoms with Gasteiger partial charge in [0.05, 0.1) is 4.90 Å². The molecular weight excluding hydrogens is 338 g/mol. The van der Waals surface area contributed by atoms with Gasteiger partial charge in [-0.05, 0) is 43.5 Å². The van der Waals surface area contributed by atoms with Crippen LogP contribution in [0.25, 0.3) is 0 Å². The highest BCUT2D eigenvalue weighted by Crippen LogP contribution is 2.17. The van der Waals surface area contributed by atoms with E-state index in [2.05, 4.69) is 10.6 Å². The molecule has 0 atom stereocenters. The SMILES string of the molecule is NS(=O)(=O)c1ccc(CCNCCC(=O)NC2CCCCCC2)cc1. The normalized spacial score (nSPS) is 16.4. The van der Waals surface area contributed by atoms with Crippen molar-refractivity contribution < 1.29 is 13.2 Å². The Morgan fingerprint density at radius 2 is 1.68 bits per heavy atom. The van der Waals surface area contributed by atoms with Crippen LogP contribution >= 0.6 is 0 Å². The highest BCUT2D eigenvalue weighted by Gasteiger charge is 2.14. The van der Waals surface area contributed by atoms with Crippen LogP contribution in [0, 0.1) is 0 Å². The molecule has 1 amide bonds. The van der Waals surface area contributed by atoms with Crippen LogP contribution in [0.5, 0.6) is 0 Å². The summed E-state index contributed by atoms with van der Waals surface area (Å²) >= 11 is 0. The minimum absolute atomic E-state index is 0.122. The van der Waals surface area contributed by atoms with Crippen molar-refractivity contribution in [3.05, 3.63) is 29.8 Å². The fraction of sp³-hybridized carbons (Fsp3) is 0.611. The summed E-state index contributed by atoms with van der Waals surface area (Å²) in [4.78, 5) is 12.1. The molecule has 1 fully saturated rings. The summed E-state index contributed by atoms with van der Waals surface area (Å²) in [5.41, 5.74) is 1.03. The van der Waals surface area contributed by atoms with Crippen LogP contribution in [0.2, 0.25) is 0 Å². The number of sulfonamides is 1. The van der Waals surface area contributed by atoms with Crippen molar-refractivity contribution in [1.29, 1.82) is 0 Å². The first-order valence-corrected chi connectivity index (χ1v) is 10.6. The van der Waals surface area contributed by atoms with Crippen molar-refractivity contribution in [2.45, 2.75) is 62.3 Å². The fourth-order valence-corrected chi connectivity index (χ4v) is 3.64. The van der Waals surface area contributed by atoms with Crippen LogP contribution in [0.3, 0.4) is 0 Å². The smallest absolute Gasteiger partial charge is 0.238 e. The molecule has 1 aromatic carbocycles. The zero-order chi connectivity index (χ0) is 18.1. The second-order valence-electron chi connectivity index (χ2n) is 6.69. The summed E-state index contributed by atoms with van der Waals surface area (Å²) in [5.74, 6) is 0.122. The molecule has 0 aromatic heterocycles. The molecule has 0 unspecified atom stereocenters. The summed E-state index contributed by atoms with van der Waals surface area (Å²) in [6.45, 7) is 1.39. The van der Waals surface area contributed by atoms with Crippen LogP contribution in [0.4, 0.5) is 0 Å². The number of amides is 1. The van der Waals surface area contributed by atoms with Gasteiger partial charge in [-0.3, -0.25) is 4.79 Å². The first-order valence-electron chi connectivity index (χ1n) is 9.07. The molecule has 6 nitrogen and oxygen atoms in total. The van der Waals surface area contributed by atoms with Gasteiger partial charge >= 0.3 is 0 Å². The molecule has 0 radical (unpaired) electrons. The molecule has 1 aliphatic carbocycles. The van der Waals surface area contributed by atoms with E-state index in [0.717, 1.165) is 31.4 Å². The van der Waals surface area contributed by atoms with Crippen LogP contribution in [-0.2, 0) is 21.2 Å². The number of primary sulfonamides is 1. The molecule has 0 heterocycles. The van der Waals surface area contributed by atoms with Crippen LogP contribution in [-0.4, -0.2) is 33.5 Å². The van der Waals surface area contributed by atoms with Gasteiger partial charge in [-0.2, -0.15) is 0 Å². The third kappa shape index (κ3) is 7.54. The topological polar surface area (TPSA) is 101 Å². The Kier molecular flexibility index (Phi) is 7.87. The minimum Gasteiger partial charge on any atom is -0.353 e. The average Bonchev–Trinajstić information content (AvgIpc) is 2.83. The molecule has 7 heteroatoms. The second kappa shape index (κ2) is 9.89. The monoisotopic (exact) mass is 367 g/mol. The van der Waals surface area contributed by atoms with Gasteiger partial charge in [-0.1, -0.05) is 37.8 Å². The molecular formula is C18H29N3O3S. The third-order valence-corrected chi connectivity index (χ3v) is 5.52. The van der Waals surface area contributed by atoms with Crippen LogP contribution in [0.15, 0.2) is 29.2 Å². The summed E-state index contributed by atoms with van der Waals surface area (Å²) in [7, 11) is -3.63. The second-order valence-corrected chi connectivity index (χ2v) is 8.26. The van der Waals surface area contributed by atoms with E-state index < -0.39 is 10.0 Å². The predicted molar refractivity (Wildman–Crippen MR) is 98.6 cm³/mol. The number of hydrogen-bond acceptors (Lipinski definition) is 4. The van der Waals surface area contributed by atoms with E-state index in [1.54, 1.807) is 12.1 Å². The van der Waals surface area contributed by atoms with E-state index in [9.17, 15) is 13.2 Å². The molecule has 0 aliphatic heterocycles. The van der Waals surface area contributed by atoms with Crippen molar-refractivity contribution in [2.24, 2.45) is 5.14 Å². The van der Waals surface area contributed by atoms with E-state index in [1.165, 1.54) is 37.8 Å². The lowest BCUT2D eigenvalue weighted by Crippen LogP contribution is -2.36. The van der Waals surface area contributed by atoms with Crippen molar-refractivity contribution in [1.82, 2.24) is 10.6 Å².